The molecule has 0 bridgehead atoms. The van der Waals surface area contributed by atoms with Crippen LogP contribution in [0, 0.1) is 0 Å². The van der Waals surface area contributed by atoms with Crippen LogP contribution in [0.1, 0.15) is 63.4 Å². The summed E-state index contributed by atoms with van der Waals surface area (Å²) in [5.74, 6) is -0.248. The van der Waals surface area contributed by atoms with Crippen LogP contribution in [-0.2, 0) is 29.2 Å². The zero-order valence-electron chi connectivity index (χ0n) is 21.7. The average molecular weight is 537 g/mol. The zero-order valence-corrected chi connectivity index (χ0v) is 22.6. The molecule has 0 atom stereocenters. The minimum atomic E-state index is -0.466. The van der Waals surface area contributed by atoms with Crippen LogP contribution in [0.15, 0.2) is 63.0 Å². The molecule has 4 rings (SSSR count). The molecule has 8 nitrogen and oxygen atoms in total. The van der Waals surface area contributed by atoms with Crippen molar-refractivity contribution >= 4 is 33.4 Å². The molecule has 2 heterocycles. The number of allylic oxidation sites excluding steroid dienone is 1. The number of rotatable bonds is 13. The van der Waals surface area contributed by atoms with Gasteiger partial charge in [0.2, 0.25) is 11.8 Å². The Kier molecular flexibility index (Phi) is 10.1. The van der Waals surface area contributed by atoms with Crippen molar-refractivity contribution in [3.05, 3.63) is 79.8 Å². The molecule has 3 aromatic rings. The van der Waals surface area contributed by atoms with Gasteiger partial charge in [0.25, 0.3) is 5.56 Å². The Morgan fingerprint density at radius 3 is 2.55 bits per heavy atom. The summed E-state index contributed by atoms with van der Waals surface area (Å²) in [6.45, 7) is 1.19. The van der Waals surface area contributed by atoms with E-state index in [0.29, 0.717) is 49.0 Å². The van der Waals surface area contributed by atoms with Crippen LogP contribution in [0.2, 0.25) is 0 Å². The molecule has 0 fully saturated rings. The number of benzene rings is 1. The van der Waals surface area contributed by atoms with Gasteiger partial charge in [0, 0.05) is 26.1 Å². The summed E-state index contributed by atoms with van der Waals surface area (Å²) in [5, 5.41) is 7.61. The number of nitrogens with zero attached hydrogens (tertiary/aromatic N) is 2. The lowest BCUT2D eigenvalue weighted by molar-refractivity contribution is -0.122. The van der Waals surface area contributed by atoms with E-state index in [-0.39, 0.29) is 30.5 Å². The van der Waals surface area contributed by atoms with Crippen LogP contribution in [-0.4, -0.2) is 27.5 Å². The lowest BCUT2D eigenvalue weighted by atomic mass is 9.97. The predicted octanol–water partition coefficient (Wildman–Crippen LogP) is 4.11. The molecule has 0 unspecified atom stereocenters. The molecule has 0 radical (unpaired) electrons. The number of hydrogen-bond acceptors (Lipinski definition) is 5. The number of unbranched alkanes of at least 4 members (excludes halogenated alkanes) is 2. The van der Waals surface area contributed by atoms with Crippen LogP contribution in [0.4, 0.5) is 0 Å². The van der Waals surface area contributed by atoms with Crippen molar-refractivity contribution in [1.29, 1.82) is 0 Å². The Hall–Kier alpha value is -3.46. The molecule has 1 aliphatic rings. The first kappa shape index (κ1) is 27.6. The number of thiophene rings is 1. The maximum Gasteiger partial charge on any atom is 0.332 e. The van der Waals surface area contributed by atoms with Crippen LogP contribution in [0.3, 0.4) is 0 Å². The highest BCUT2D eigenvalue weighted by Crippen LogP contribution is 2.19. The van der Waals surface area contributed by atoms with Gasteiger partial charge in [0.15, 0.2) is 0 Å². The third-order valence-corrected chi connectivity index (χ3v) is 7.80. The highest BCUT2D eigenvalue weighted by molar-refractivity contribution is 7.17. The van der Waals surface area contributed by atoms with Crippen molar-refractivity contribution in [2.24, 2.45) is 0 Å². The van der Waals surface area contributed by atoms with Gasteiger partial charge in [-0.3, -0.25) is 23.5 Å². The number of fused-ring (bicyclic) bond motifs is 1. The Bertz CT molecular complexity index is 1390. The molecule has 2 aromatic heterocycles. The number of nitrogens with one attached hydrogen (secondary N) is 2. The summed E-state index contributed by atoms with van der Waals surface area (Å²) in [4.78, 5) is 51.0. The Balaban J connectivity index is 1.29. The first-order valence-electron chi connectivity index (χ1n) is 13.5. The van der Waals surface area contributed by atoms with E-state index in [1.807, 2.05) is 30.3 Å². The second kappa shape index (κ2) is 13.9. The molecule has 1 aromatic carbocycles. The van der Waals surface area contributed by atoms with E-state index in [1.165, 1.54) is 38.9 Å². The van der Waals surface area contributed by atoms with Crippen LogP contribution in [0.25, 0.3) is 10.2 Å². The normalized spacial score (nSPS) is 13.3. The quantitative estimate of drug-likeness (QED) is 0.254. The number of carbonyl (C=O) groups is 2. The summed E-state index contributed by atoms with van der Waals surface area (Å²) < 4.78 is 3.11. The van der Waals surface area contributed by atoms with E-state index < -0.39 is 5.69 Å². The fourth-order valence-corrected chi connectivity index (χ4v) is 5.64. The van der Waals surface area contributed by atoms with Crippen molar-refractivity contribution in [1.82, 2.24) is 19.8 Å². The summed E-state index contributed by atoms with van der Waals surface area (Å²) in [6, 6.07) is 11.5. The van der Waals surface area contributed by atoms with Gasteiger partial charge in [-0.2, -0.15) is 0 Å². The monoisotopic (exact) mass is 536 g/mol. The van der Waals surface area contributed by atoms with E-state index in [1.54, 1.807) is 11.4 Å². The van der Waals surface area contributed by atoms with Gasteiger partial charge in [-0.15, -0.1) is 11.3 Å². The maximum atomic E-state index is 13.2. The summed E-state index contributed by atoms with van der Waals surface area (Å²) in [6.07, 6.45) is 10.1. The van der Waals surface area contributed by atoms with Crippen molar-refractivity contribution < 1.29 is 9.59 Å². The van der Waals surface area contributed by atoms with Gasteiger partial charge in [0.1, 0.15) is 11.2 Å². The van der Waals surface area contributed by atoms with Gasteiger partial charge in [-0.25, -0.2) is 4.79 Å². The first-order valence-corrected chi connectivity index (χ1v) is 14.4. The minimum Gasteiger partial charge on any atom is -0.354 e. The third kappa shape index (κ3) is 7.54. The molecule has 0 saturated heterocycles. The van der Waals surface area contributed by atoms with Gasteiger partial charge in [0.05, 0.1) is 5.52 Å². The van der Waals surface area contributed by atoms with E-state index in [9.17, 15) is 19.2 Å². The van der Waals surface area contributed by atoms with Crippen LogP contribution < -0.4 is 21.9 Å². The van der Waals surface area contributed by atoms with Gasteiger partial charge < -0.3 is 10.6 Å². The third-order valence-electron chi connectivity index (χ3n) is 6.91. The second-order valence-electron chi connectivity index (χ2n) is 9.74. The Morgan fingerprint density at radius 2 is 1.76 bits per heavy atom. The highest BCUT2D eigenvalue weighted by atomic mass is 32.1. The van der Waals surface area contributed by atoms with Gasteiger partial charge in [-0.05, 0) is 62.0 Å². The maximum absolute atomic E-state index is 13.2. The topological polar surface area (TPSA) is 102 Å². The van der Waals surface area contributed by atoms with Crippen molar-refractivity contribution in [2.75, 3.05) is 6.54 Å². The second-order valence-corrected chi connectivity index (χ2v) is 10.7. The van der Waals surface area contributed by atoms with E-state index >= 15 is 0 Å². The Labute approximate surface area is 226 Å². The number of carbonyl (C=O) groups excluding carboxylic acids is 2. The lowest BCUT2D eigenvalue weighted by Gasteiger charge is -2.14. The molecule has 2 N–H and O–H groups in total. The molecule has 2 amide bonds. The molecule has 0 saturated carbocycles. The first-order chi connectivity index (χ1) is 18.5. The minimum absolute atomic E-state index is 0.0147. The highest BCUT2D eigenvalue weighted by Gasteiger charge is 2.16. The standard InChI is InChI=1S/C29H36N4O4S/c34-25(31-20-23-12-6-2-7-13-23)14-8-3-9-18-32-28(36)27-24(16-19-38-27)33(29(32)37)21-26(35)30-17-15-22-10-4-1-5-11-22/h2,6-7,10,12-13,16,19H,1,3-5,8-9,11,14-15,17-18,20-21H2,(H,30,35)(H,31,34). The molecule has 1 aliphatic carbocycles. The van der Waals surface area contributed by atoms with Crippen LogP contribution >= 0.6 is 11.3 Å². The average Bonchev–Trinajstić information content (AvgIpc) is 3.43. The van der Waals surface area contributed by atoms with E-state index in [0.717, 1.165) is 24.8 Å². The molecular formula is C29H36N4O4S. The lowest BCUT2D eigenvalue weighted by Crippen LogP contribution is -2.42. The molecule has 38 heavy (non-hydrogen) atoms. The molecule has 202 valence electrons. The van der Waals surface area contributed by atoms with E-state index in [4.69, 9.17) is 0 Å². The van der Waals surface area contributed by atoms with Gasteiger partial charge in [-0.1, -0.05) is 48.4 Å². The number of amides is 2. The Morgan fingerprint density at radius 1 is 0.921 bits per heavy atom. The molecule has 9 heteroatoms. The van der Waals surface area contributed by atoms with Gasteiger partial charge >= 0.3 is 5.69 Å². The number of aromatic nitrogens is 2. The van der Waals surface area contributed by atoms with Crippen molar-refractivity contribution in [3.8, 4) is 0 Å². The SMILES string of the molecule is O=C(CCCCCn1c(=O)c2sccc2n(CC(=O)NCCC2=CCCCC2)c1=O)NCc1ccccc1. The largest absolute Gasteiger partial charge is 0.354 e. The fourth-order valence-electron chi connectivity index (χ4n) is 4.79. The summed E-state index contributed by atoms with van der Waals surface area (Å²) in [7, 11) is 0. The number of hydrogen-bond donors (Lipinski definition) is 2. The molecule has 0 spiro atoms. The van der Waals surface area contributed by atoms with Crippen molar-refractivity contribution in [3.63, 3.8) is 0 Å². The molecular weight excluding hydrogens is 500 g/mol. The predicted molar refractivity (Wildman–Crippen MR) is 151 cm³/mol. The molecule has 0 aliphatic heterocycles. The fraction of sp³-hybridized carbons (Fsp3) is 0.448. The van der Waals surface area contributed by atoms with E-state index in [2.05, 4.69) is 16.7 Å². The van der Waals surface area contributed by atoms with Crippen molar-refractivity contribution in [2.45, 2.75) is 77.4 Å². The van der Waals surface area contributed by atoms with Crippen LogP contribution in [0.5, 0.6) is 0 Å². The summed E-state index contributed by atoms with van der Waals surface area (Å²) in [5.41, 5.74) is 2.15. The smallest absolute Gasteiger partial charge is 0.332 e. The zero-order chi connectivity index (χ0) is 26.7. The summed E-state index contributed by atoms with van der Waals surface area (Å²) >= 11 is 1.28.